The van der Waals surface area contributed by atoms with Crippen molar-refractivity contribution in [1.82, 2.24) is 4.98 Å². The van der Waals surface area contributed by atoms with E-state index in [-0.39, 0.29) is 24.1 Å². The highest BCUT2D eigenvalue weighted by molar-refractivity contribution is 6.02. The van der Waals surface area contributed by atoms with Crippen LogP contribution in [0.4, 0.5) is 18.9 Å². The zero-order valence-corrected chi connectivity index (χ0v) is 15.5. The van der Waals surface area contributed by atoms with Crippen LogP contribution in [-0.4, -0.2) is 43.2 Å². The van der Waals surface area contributed by atoms with Crippen molar-refractivity contribution in [3.05, 3.63) is 53.6 Å². The Hall–Kier alpha value is -3.10. The smallest absolute Gasteiger partial charge is 0.274 e. The van der Waals surface area contributed by atoms with E-state index in [2.05, 4.69) is 15.3 Å². The van der Waals surface area contributed by atoms with E-state index in [1.165, 1.54) is 38.6 Å². The van der Waals surface area contributed by atoms with E-state index < -0.39 is 29.9 Å². The lowest BCUT2D eigenvalue weighted by Gasteiger charge is -2.21. The number of amides is 1. The summed E-state index contributed by atoms with van der Waals surface area (Å²) in [6, 6.07) is 6.91. The first-order valence-corrected chi connectivity index (χ1v) is 8.40. The molecule has 2 rings (SSSR count). The average molecular weight is 394 g/mol. The summed E-state index contributed by atoms with van der Waals surface area (Å²) in [4.78, 5) is 19.7. The topological polar surface area (TPSA) is 89.6 Å². The number of carbonyl (C=O) groups excluding carboxylic acids is 1. The first-order chi connectivity index (χ1) is 13.3. The molecule has 0 fully saturated rings. The molecule has 0 aliphatic carbocycles. The van der Waals surface area contributed by atoms with Gasteiger partial charge < -0.3 is 15.8 Å². The number of pyridine rings is 1. The van der Waals surface area contributed by atoms with Crippen LogP contribution in [0, 0.1) is 5.82 Å². The zero-order chi connectivity index (χ0) is 20.7. The first kappa shape index (κ1) is 21.2. The summed E-state index contributed by atoms with van der Waals surface area (Å²) < 4.78 is 46.6. The molecule has 0 saturated heterocycles. The minimum Gasteiger partial charge on any atom is -0.495 e. The maximum Gasteiger partial charge on any atom is 0.274 e. The molecule has 0 saturated carbocycles. The van der Waals surface area contributed by atoms with Gasteiger partial charge in [-0.25, -0.2) is 18.2 Å². The fraction of sp³-hybridized carbons (Fsp3) is 0.316. The molecule has 0 radical (unpaired) electrons. The van der Waals surface area contributed by atoms with Gasteiger partial charge in [0.2, 0.25) is 0 Å². The Balaban J connectivity index is 2.12. The molecule has 0 unspecified atom stereocenters. The van der Waals surface area contributed by atoms with E-state index >= 15 is 0 Å². The Morgan fingerprint density at radius 2 is 2.11 bits per heavy atom. The predicted octanol–water partition coefficient (Wildman–Crippen LogP) is 3.08. The number of rotatable bonds is 8. The third kappa shape index (κ3) is 4.99. The van der Waals surface area contributed by atoms with E-state index in [4.69, 9.17) is 10.5 Å². The molecule has 0 bridgehead atoms. The monoisotopic (exact) mass is 394 g/mol. The third-order valence-corrected chi connectivity index (χ3v) is 4.21. The number of alkyl halides is 2. The van der Waals surface area contributed by atoms with Crippen molar-refractivity contribution in [1.29, 1.82) is 0 Å². The molecule has 9 heteroatoms. The van der Waals surface area contributed by atoms with Gasteiger partial charge in [-0.05, 0) is 48.7 Å². The van der Waals surface area contributed by atoms with Gasteiger partial charge in [0.05, 0.1) is 13.3 Å². The molecule has 1 atom stereocenters. The Bertz CT molecular complexity index is 859. The van der Waals surface area contributed by atoms with E-state index in [0.717, 1.165) is 6.07 Å². The minimum absolute atomic E-state index is 0.111. The lowest BCUT2D eigenvalue weighted by molar-refractivity contribution is 0.102. The number of aromatic nitrogens is 1. The van der Waals surface area contributed by atoms with Gasteiger partial charge in [0.1, 0.15) is 29.8 Å². The van der Waals surface area contributed by atoms with Crippen molar-refractivity contribution >= 4 is 17.4 Å². The number of nitrogens with zero attached hydrogens (tertiary/aromatic N) is 2. The molecule has 1 amide bonds. The standard InChI is InChI=1S/C19H21F3N4O2/c1-24-18(23)19(22,11-20)8-7-12-9-13(3-5-15(12)21)26-17(27)16-6-4-14(28-2)10-25-16/h3-6,9-10H,7-8,11H2,1-2H3,(H2,23,24)(H,26,27)/t19-/m1/s1. The summed E-state index contributed by atoms with van der Waals surface area (Å²) in [6.45, 7) is -1.36. The average Bonchev–Trinajstić information content (AvgIpc) is 2.73. The number of anilines is 1. The van der Waals surface area contributed by atoms with Crippen LogP contribution in [0.5, 0.6) is 5.75 Å². The number of carbonyl (C=O) groups is 1. The number of ether oxygens (including phenoxy) is 1. The molecule has 3 N–H and O–H groups in total. The number of hydrogen-bond acceptors (Lipinski definition) is 4. The Morgan fingerprint density at radius 1 is 1.36 bits per heavy atom. The van der Waals surface area contributed by atoms with Crippen LogP contribution in [0.3, 0.4) is 0 Å². The van der Waals surface area contributed by atoms with Crippen molar-refractivity contribution in [3.8, 4) is 5.75 Å². The highest BCUT2D eigenvalue weighted by Crippen LogP contribution is 2.24. The van der Waals surface area contributed by atoms with E-state index in [1.54, 1.807) is 6.07 Å². The Labute approximate surface area is 160 Å². The molecule has 1 aromatic heterocycles. The summed E-state index contributed by atoms with van der Waals surface area (Å²) in [5, 5.41) is 2.58. The minimum atomic E-state index is -2.46. The Kier molecular flexibility index (Phi) is 6.97. The van der Waals surface area contributed by atoms with Crippen LogP contribution in [0.1, 0.15) is 22.5 Å². The van der Waals surface area contributed by atoms with Crippen LogP contribution in [0.25, 0.3) is 0 Å². The fourth-order valence-electron chi connectivity index (χ4n) is 2.47. The summed E-state index contributed by atoms with van der Waals surface area (Å²) in [5.41, 5.74) is 3.49. The van der Waals surface area contributed by atoms with Gasteiger partial charge in [-0.1, -0.05) is 0 Å². The molecular weight excluding hydrogens is 373 g/mol. The maximum atomic E-state index is 14.5. The molecule has 1 heterocycles. The number of hydrogen-bond donors (Lipinski definition) is 2. The maximum absolute atomic E-state index is 14.5. The number of benzene rings is 1. The summed E-state index contributed by atoms with van der Waals surface area (Å²) in [5.74, 6) is -1.09. The van der Waals surface area contributed by atoms with Gasteiger partial charge in [0, 0.05) is 12.7 Å². The molecule has 28 heavy (non-hydrogen) atoms. The van der Waals surface area contributed by atoms with Crippen LogP contribution in [0.15, 0.2) is 41.5 Å². The van der Waals surface area contributed by atoms with Crippen LogP contribution < -0.4 is 15.8 Å². The van der Waals surface area contributed by atoms with Crippen LogP contribution in [0.2, 0.25) is 0 Å². The number of amidine groups is 1. The van der Waals surface area contributed by atoms with Gasteiger partial charge >= 0.3 is 0 Å². The molecule has 0 spiro atoms. The number of nitrogens with one attached hydrogen (secondary N) is 1. The number of halogens is 3. The molecular formula is C19H21F3N4O2. The largest absolute Gasteiger partial charge is 0.495 e. The van der Waals surface area contributed by atoms with Crippen molar-refractivity contribution < 1.29 is 22.7 Å². The second kappa shape index (κ2) is 9.20. The first-order valence-electron chi connectivity index (χ1n) is 8.40. The summed E-state index contributed by atoms with van der Waals surface area (Å²) in [7, 11) is 2.73. The zero-order valence-electron chi connectivity index (χ0n) is 15.5. The lowest BCUT2D eigenvalue weighted by Crippen LogP contribution is -2.42. The van der Waals surface area contributed by atoms with Crippen molar-refractivity contribution in [2.24, 2.45) is 10.7 Å². The number of aliphatic imine (C=N–C) groups is 1. The van der Waals surface area contributed by atoms with Gasteiger partial charge in [0.15, 0.2) is 5.67 Å². The molecule has 0 aliphatic heterocycles. The number of nitrogens with two attached hydrogens (primary N) is 1. The van der Waals surface area contributed by atoms with Gasteiger partial charge in [0.25, 0.3) is 5.91 Å². The van der Waals surface area contributed by atoms with Crippen LogP contribution >= 0.6 is 0 Å². The van der Waals surface area contributed by atoms with E-state index in [9.17, 15) is 18.0 Å². The predicted molar refractivity (Wildman–Crippen MR) is 101 cm³/mol. The fourth-order valence-corrected chi connectivity index (χ4v) is 2.47. The highest BCUT2D eigenvalue weighted by atomic mass is 19.2. The van der Waals surface area contributed by atoms with Gasteiger partial charge in [-0.2, -0.15) is 0 Å². The van der Waals surface area contributed by atoms with Crippen LogP contribution in [-0.2, 0) is 6.42 Å². The Morgan fingerprint density at radius 3 is 2.68 bits per heavy atom. The SMILES string of the molecule is CN=C(N)[C@](F)(CF)CCc1cc(NC(=O)c2ccc(OC)cn2)ccc1F. The van der Waals surface area contributed by atoms with Crippen molar-refractivity contribution in [2.45, 2.75) is 18.5 Å². The van der Waals surface area contributed by atoms with Gasteiger partial charge in [-0.3, -0.25) is 9.79 Å². The highest BCUT2D eigenvalue weighted by Gasteiger charge is 2.34. The number of aryl methyl sites for hydroxylation is 1. The van der Waals surface area contributed by atoms with E-state index in [0.29, 0.717) is 11.4 Å². The van der Waals surface area contributed by atoms with E-state index in [1.807, 2.05) is 0 Å². The molecule has 2 aromatic rings. The molecule has 150 valence electrons. The third-order valence-electron chi connectivity index (χ3n) is 4.21. The van der Waals surface area contributed by atoms with Crippen molar-refractivity contribution in [3.63, 3.8) is 0 Å². The van der Waals surface area contributed by atoms with Gasteiger partial charge in [-0.15, -0.1) is 0 Å². The second-order valence-electron chi connectivity index (χ2n) is 6.05. The van der Waals surface area contributed by atoms with Crippen molar-refractivity contribution in [2.75, 3.05) is 26.1 Å². The molecule has 6 nitrogen and oxygen atoms in total. The lowest BCUT2D eigenvalue weighted by atomic mass is 9.96. The summed E-state index contributed by atoms with van der Waals surface area (Å²) >= 11 is 0. The normalized spacial score (nSPS) is 13.7. The molecule has 1 aromatic carbocycles. The summed E-state index contributed by atoms with van der Waals surface area (Å²) in [6.07, 6.45) is 0.872. The second-order valence-corrected chi connectivity index (χ2v) is 6.05. The molecule has 0 aliphatic rings. The quantitative estimate of drug-likeness (QED) is 0.532. The number of methoxy groups -OCH3 is 1.